The molecule has 0 radical (unpaired) electrons. The number of hydrogen-bond donors (Lipinski definition) is 0. The monoisotopic (exact) mass is 732 g/mol. The van der Waals surface area contributed by atoms with Crippen molar-refractivity contribution < 1.29 is 19.8 Å². The number of rotatable bonds is 34. The Morgan fingerprint density at radius 3 is 0.581 bits per heavy atom. The third-order valence-electron chi connectivity index (χ3n) is 8.47. The molecule has 0 saturated heterocycles. The summed E-state index contributed by atoms with van der Waals surface area (Å²) < 4.78 is 0. The Bertz CT molecular complexity index is 480. The zero-order chi connectivity index (χ0) is 31.2. The Morgan fingerprint density at radius 1 is 0.302 bits per heavy atom. The average molecular weight is 732 g/mol. The molecule has 0 aromatic heterocycles. The number of unbranched alkanes of at least 4 members (excludes halogenated alkanes) is 30. The molecule has 0 bridgehead atoms. The van der Waals surface area contributed by atoms with Crippen molar-refractivity contribution in [1.82, 2.24) is 0 Å². The molecule has 0 spiro atoms. The molecule has 0 amide bonds. The Labute approximate surface area is 310 Å². The van der Waals surface area contributed by atoms with Gasteiger partial charge in [-0.2, -0.15) is 0 Å². The molecular formula is C38H74BaO4. The van der Waals surface area contributed by atoms with Crippen LogP contribution >= 0.6 is 0 Å². The molecule has 0 aliphatic rings. The van der Waals surface area contributed by atoms with Gasteiger partial charge in [-0.25, -0.2) is 0 Å². The van der Waals surface area contributed by atoms with Crippen molar-refractivity contribution in [3.8, 4) is 0 Å². The molecule has 0 aromatic carbocycles. The summed E-state index contributed by atoms with van der Waals surface area (Å²) in [6, 6.07) is 0. The third kappa shape index (κ3) is 52.3. The van der Waals surface area contributed by atoms with E-state index in [0.717, 1.165) is 25.7 Å². The molecule has 0 N–H and O–H groups in total. The summed E-state index contributed by atoms with van der Waals surface area (Å²) in [5.41, 5.74) is 0. The minimum Gasteiger partial charge on any atom is -0.550 e. The first-order chi connectivity index (χ1) is 20.5. The second-order valence-electron chi connectivity index (χ2n) is 12.9. The topological polar surface area (TPSA) is 80.3 Å². The predicted molar refractivity (Wildman–Crippen MR) is 184 cm³/mol. The number of hydrogen-bond acceptors (Lipinski definition) is 4. The maximum Gasteiger partial charge on any atom is 2.00 e. The largest absolute Gasteiger partial charge is 2.00 e. The second-order valence-corrected chi connectivity index (χ2v) is 12.9. The zero-order valence-electron chi connectivity index (χ0n) is 29.4. The third-order valence-corrected chi connectivity index (χ3v) is 8.47. The van der Waals surface area contributed by atoms with Crippen LogP contribution in [0.15, 0.2) is 0 Å². The van der Waals surface area contributed by atoms with Gasteiger partial charge in [0.15, 0.2) is 0 Å². The molecule has 0 fully saturated rings. The van der Waals surface area contributed by atoms with Crippen LogP contribution < -0.4 is 10.2 Å². The molecule has 0 heterocycles. The maximum atomic E-state index is 10.2. The molecule has 0 aromatic rings. The van der Waals surface area contributed by atoms with Crippen molar-refractivity contribution in [3.63, 3.8) is 0 Å². The van der Waals surface area contributed by atoms with Crippen LogP contribution in [0.1, 0.15) is 232 Å². The summed E-state index contributed by atoms with van der Waals surface area (Å²) in [5, 5.41) is 20.5. The average Bonchev–Trinajstić information content (AvgIpc) is 2.97. The Hall–Kier alpha value is 0.511. The minimum atomic E-state index is -0.902. The number of carbonyl (C=O) groups is 2. The minimum absolute atomic E-state index is 0. The van der Waals surface area contributed by atoms with E-state index < -0.39 is 11.9 Å². The van der Waals surface area contributed by atoms with Crippen molar-refractivity contribution in [2.45, 2.75) is 232 Å². The fourth-order valence-electron chi connectivity index (χ4n) is 5.63. The van der Waals surface area contributed by atoms with E-state index in [1.807, 2.05) is 0 Å². The van der Waals surface area contributed by atoms with E-state index in [0.29, 0.717) is 0 Å². The molecule has 43 heavy (non-hydrogen) atoms. The van der Waals surface area contributed by atoms with Gasteiger partial charge < -0.3 is 19.8 Å². The van der Waals surface area contributed by atoms with E-state index in [1.54, 1.807) is 0 Å². The molecule has 0 aliphatic carbocycles. The van der Waals surface area contributed by atoms with Crippen molar-refractivity contribution >= 4 is 60.8 Å². The van der Waals surface area contributed by atoms with Gasteiger partial charge in [0, 0.05) is 11.9 Å². The summed E-state index contributed by atoms with van der Waals surface area (Å²) in [4.78, 5) is 20.5. The van der Waals surface area contributed by atoms with E-state index in [1.165, 1.54) is 180 Å². The number of aliphatic carboxylic acids is 2. The smallest absolute Gasteiger partial charge is 0.550 e. The number of carbonyl (C=O) groups excluding carboxylic acids is 2. The van der Waals surface area contributed by atoms with Crippen molar-refractivity contribution in [3.05, 3.63) is 0 Å². The quantitative estimate of drug-likeness (QED) is 0.0487. The van der Waals surface area contributed by atoms with Crippen LogP contribution in [-0.2, 0) is 9.59 Å². The molecule has 0 saturated carbocycles. The maximum absolute atomic E-state index is 10.2. The van der Waals surface area contributed by atoms with E-state index in [9.17, 15) is 19.8 Å². The molecule has 0 atom stereocenters. The van der Waals surface area contributed by atoms with Gasteiger partial charge in [-0.1, -0.05) is 206 Å². The van der Waals surface area contributed by atoms with Crippen LogP contribution in [0.3, 0.4) is 0 Å². The van der Waals surface area contributed by atoms with E-state index in [4.69, 9.17) is 0 Å². The summed E-state index contributed by atoms with van der Waals surface area (Å²) >= 11 is 0. The van der Waals surface area contributed by atoms with Gasteiger partial charge in [0.1, 0.15) is 0 Å². The molecule has 0 aliphatic heterocycles. The zero-order valence-corrected chi connectivity index (χ0v) is 33.8. The van der Waals surface area contributed by atoms with Crippen LogP contribution in [0.4, 0.5) is 0 Å². The summed E-state index contributed by atoms with van der Waals surface area (Å²) in [6.45, 7) is 4.54. The first-order valence-corrected chi connectivity index (χ1v) is 18.9. The normalized spacial score (nSPS) is 10.7. The molecule has 4 nitrogen and oxygen atoms in total. The van der Waals surface area contributed by atoms with Gasteiger partial charge >= 0.3 is 48.9 Å². The van der Waals surface area contributed by atoms with E-state index in [-0.39, 0.29) is 61.7 Å². The van der Waals surface area contributed by atoms with Crippen molar-refractivity contribution in [2.75, 3.05) is 0 Å². The van der Waals surface area contributed by atoms with Crippen LogP contribution in [0, 0.1) is 0 Å². The van der Waals surface area contributed by atoms with Gasteiger partial charge in [0.25, 0.3) is 0 Å². The van der Waals surface area contributed by atoms with E-state index in [2.05, 4.69) is 13.8 Å². The second kappa shape index (κ2) is 44.6. The molecular weight excluding hydrogens is 658 g/mol. The first-order valence-electron chi connectivity index (χ1n) is 18.9. The van der Waals surface area contributed by atoms with Crippen LogP contribution in [0.2, 0.25) is 0 Å². The van der Waals surface area contributed by atoms with Gasteiger partial charge in [-0.15, -0.1) is 0 Å². The van der Waals surface area contributed by atoms with E-state index >= 15 is 0 Å². The summed E-state index contributed by atoms with van der Waals surface area (Å²) in [6.07, 6.45) is 42.7. The summed E-state index contributed by atoms with van der Waals surface area (Å²) in [7, 11) is 0. The predicted octanol–water partition coefficient (Wildman–Crippen LogP) is 10.4. The van der Waals surface area contributed by atoms with Gasteiger partial charge in [-0.05, 0) is 25.7 Å². The van der Waals surface area contributed by atoms with Crippen LogP contribution in [-0.4, -0.2) is 60.8 Å². The van der Waals surface area contributed by atoms with Gasteiger partial charge in [0.2, 0.25) is 0 Å². The Morgan fingerprint density at radius 2 is 0.442 bits per heavy atom. The Balaban J connectivity index is -0.000000727. The van der Waals surface area contributed by atoms with Crippen LogP contribution in [0.5, 0.6) is 0 Å². The van der Waals surface area contributed by atoms with Crippen LogP contribution in [0.25, 0.3) is 0 Å². The fourth-order valence-corrected chi connectivity index (χ4v) is 5.63. The molecule has 252 valence electrons. The number of carboxylic acid groups (broad SMARTS) is 2. The first kappa shape index (κ1) is 47.9. The fraction of sp³-hybridized carbons (Fsp3) is 0.947. The van der Waals surface area contributed by atoms with Crippen molar-refractivity contribution in [1.29, 1.82) is 0 Å². The SMILES string of the molecule is CCCCCCCCCCCCCCCCCCC(=O)[O-].CCCCCCCCCCCCCCCCCCC(=O)[O-].[Ba+2]. The molecule has 5 heteroatoms. The van der Waals surface area contributed by atoms with Gasteiger partial charge in [-0.3, -0.25) is 0 Å². The van der Waals surface area contributed by atoms with Crippen molar-refractivity contribution in [2.24, 2.45) is 0 Å². The standard InChI is InChI=1S/2C19H38O2.Ba/c2*1-2-3-4-5-6-7-8-9-10-11-12-13-14-15-16-17-18-19(20)21;/h2*2-18H2,1H3,(H,20,21);/q;;+2/p-2. The van der Waals surface area contributed by atoms with Gasteiger partial charge in [0.05, 0.1) is 0 Å². The molecule has 0 unspecified atom stereocenters. The summed E-state index contributed by atoms with van der Waals surface area (Å²) in [5.74, 6) is -1.80. The molecule has 0 rings (SSSR count). The Kier molecular flexibility index (Phi) is 49.7. The number of carboxylic acids is 2.